The van der Waals surface area contributed by atoms with Crippen LogP contribution in [0.1, 0.15) is 11.3 Å². The second kappa shape index (κ2) is 6.04. The Balaban J connectivity index is 2.35. The summed E-state index contributed by atoms with van der Waals surface area (Å²) >= 11 is 0. The topological polar surface area (TPSA) is 81.4 Å². The van der Waals surface area contributed by atoms with Crippen LogP contribution in [-0.4, -0.2) is 33.7 Å². The van der Waals surface area contributed by atoms with Crippen molar-refractivity contribution in [1.29, 1.82) is 0 Å². The average molecular weight is 286 g/mol. The maximum Gasteiger partial charge on any atom is 0.378 e. The summed E-state index contributed by atoms with van der Waals surface area (Å²) in [6.45, 7) is 1.75. The van der Waals surface area contributed by atoms with Gasteiger partial charge in [-0.15, -0.1) is 0 Å². The van der Waals surface area contributed by atoms with Crippen LogP contribution in [0.3, 0.4) is 0 Å². The van der Waals surface area contributed by atoms with Crippen molar-refractivity contribution in [2.24, 2.45) is 0 Å². The molecule has 0 amide bonds. The fourth-order valence-electron chi connectivity index (χ4n) is 1.85. The minimum absolute atomic E-state index is 0.329. The van der Waals surface area contributed by atoms with Gasteiger partial charge in [0.1, 0.15) is 5.76 Å². The third kappa shape index (κ3) is 3.00. The van der Waals surface area contributed by atoms with Crippen LogP contribution in [-0.2, 0) is 14.3 Å². The fraction of sp³-hybridized carbons (Fsp3) is 0.133. The molecule has 2 rings (SSSR count). The van der Waals surface area contributed by atoms with Gasteiger partial charge in [0.2, 0.25) is 0 Å². The molecule has 108 valence electrons. The van der Waals surface area contributed by atoms with Gasteiger partial charge in [0.15, 0.2) is 0 Å². The van der Waals surface area contributed by atoms with Crippen LogP contribution in [0, 0.1) is 6.92 Å². The monoisotopic (exact) mass is 286 g/mol. The Morgan fingerprint density at radius 1 is 1.29 bits per heavy atom. The Hall–Kier alpha value is -2.89. The molecule has 1 heterocycles. The number of rotatable bonds is 4. The molecule has 0 aliphatic heterocycles. The molecule has 0 unspecified atom stereocenters. The summed E-state index contributed by atoms with van der Waals surface area (Å²) in [5.41, 5.74) is 1.84. The maximum absolute atomic E-state index is 11.4. The van der Waals surface area contributed by atoms with Crippen LogP contribution >= 0.6 is 0 Å². The number of para-hydroxylation sites is 1. The number of esters is 1. The van der Waals surface area contributed by atoms with E-state index in [-0.39, 0.29) is 5.76 Å². The summed E-state index contributed by atoms with van der Waals surface area (Å²) in [4.78, 5) is 22.4. The molecule has 0 bridgehead atoms. The van der Waals surface area contributed by atoms with Crippen LogP contribution < -0.4 is 0 Å². The molecule has 0 saturated carbocycles. The van der Waals surface area contributed by atoms with Crippen molar-refractivity contribution in [2.45, 2.75) is 6.92 Å². The van der Waals surface area contributed by atoms with E-state index in [0.717, 1.165) is 18.9 Å². The molecule has 0 spiro atoms. The first-order valence-electron chi connectivity index (χ1n) is 6.18. The van der Waals surface area contributed by atoms with Gasteiger partial charge in [-0.25, -0.2) is 9.48 Å². The minimum atomic E-state index is -1.03. The van der Waals surface area contributed by atoms with Crippen LogP contribution in [0.25, 0.3) is 11.4 Å². The average Bonchev–Trinajstić information content (AvgIpc) is 2.88. The molecular weight excluding hydrogens is 272 g/mol. The number of aromatic nitrogens is 2. The highest BCUT2D eigenvalue weighted by Crippen LogP contribution is 2.19. The van der Waals surface area contributed by atoms with Crippen LogP contribution in [0.15, 0.2) is 42.6 Å². The van der Waals surface area contributed by atoms with Crippen molar-refractivity contribution in [3.05, 3.63) is 53.9 Å². The third-order valence-corrected chi connectivity index (χ3v) is 2.94. The molecule has 2 aromatic rings. The van der Waals surface area contributed by atoms with Crippen molar-refractivity contribution < 1.29 is 19.4 Å². The molecule has 1 aromatic carbocycles. The number of carbonyl (C=O) groups excluding carboxylic acids is 2. The zero-order valence-corrected chi connectivity index (χ0v) is 11.6. The fourth-order valence-corrected chi connectivity index (χ4v) is 1.85. The zero-order valence-electron chi connectivity index (χ0n) is 11.6. The van der Waals surface area contributed by atoms with E-state index in [0.29, 0.717) is 11.3 Å². The highest BCUT2D eigenvalue weighted by atomic mass is 16.5. The number of nitrogens with zero attached hydrogens (tertiary/aromatic N) is 2. The summed E-state index contributed by atoms with van der Waals surface area (Å²) in [7, 11) is 1.10. The van der Waals surface area contributed by atoms with E-state index in [2.05, 4.69) is 9.84 Å². The summed E-state index contributed by atoms with van der Waals surface area (Å²) in [6, 6.07) is 9.35. The second-order valence-corrected chi connectivity index (χ2v) is 4.28. The normalized spacial score (nSPS) is 11.2. The van der Waals surface area contributed by atoms with Crippen molar-refractivity contribution >= 4 is 17.5 Å². The molecule has 1 aromatic heterocycles. The molecule has 0 saturated heterocycles. The van der Waals surface area contributed by atoms with Gasteiger partial charge in [-0.1, -0.05) is 18.2 Å². The molecule has 0 fully saturated rings. The lowest BCUT2D eigenvalue weighted by molar-refractivity contribution is -0.149. The highest BCUT2D eigenvalue weighted by molar-refractivity contribution is 6.39. The molecule has 0 radical (unpaired) electrons. The molecule has 1 N–H and O–H groups in total. The SMILES string of the molecule is COC(=O)C(=O)C=C(O)c1cnn(-c2ccccc2)c1C. The molecule has 0 atom stereocenters. The van der Waals surface area contributed by atoms with Gasteiger partial charge in [0.05, 0.1) is 30.3 Å². The van der Waals surface area contributed by atoms with Crippen LogP contribution in [0.4, 0.5) is 0 Å². The van der Waals surface area contributed by atoms with Crippen LogP contribution in [0.2, 0.25) is 0 Å². The number of benzene rings is 1. The summed E-state index contributed by atoms with van der Waals surface area (Å²) in [5, 5.41) is 14.1. The van der Waals surface area contributed by atoms with Crippen molar-refractivity contribution in [3.8, 4) is 5.69 Å². The van der Waals surface area contributed by atoms with Gasteiger partial charge in [-0.05, 0) is 19.1 Å². The van der Waals surface area contributed by atoms with Gasteiger partial charge in [0.25, 0.3) is 5.78 Å². The number of hydrogen-bond donors (Lipinski definition) is 1. The standard InChI is InChI=1S/C15H14N2O4/c1-10-12(13(18)8-14(19)15(20)21-2)9-16-17(10)11-6-4-3-5-7-11/h3-9,18H,1-2H3. The largest absolute Gasteiger partial charge is 0.507 e. The molecule has 21 heavy (non-hydrogen) atoms. The van der Waals surface area contributed by atoms with E-state index < -0.39 is 11.8 Å². The van der Waals surface area contributed by atoms with E-state index in [1.807, 2.05) is 30.3 Å². The van der Waals surface area contributed by atoms with Crippen LogP contribution in [0.5, 0.6) is 0 Å². The molecule has 0 aliphatic carbocycles. The van der Waals surface area contributed by atoms with E-state index in [4.69, 9.17) is 0 Å². The Kier molecular flexibility index (Phi) is 4.18. The molecular formula is C15H14N2O4. The number of methoxy groups -OCH3 is 1. The van der Waals surface area contributed by atoms with Crippen molar-refractivity contribution in [1.82, 2.24) is 9.78 Å². The van der Waals surface area contributed by atoms with Gasteiger partial charge in [-0.3, -0.25) is 4.79 Å². The lowest BCUT2D eigenvalue weighted by Gasteiger charge is -2.04. The number of carbonyl (C=O) groups is 2. The summed E-state index contributed by atoms with van der Waals surface area (Å²) in [6.07, 6.45) is 2.25. The number of aliphatic hydroxyl groups excluding tert-OH is 1. The predicted molar refractivity (Wildman–Crippen MR) is 75.9 cm³/mol. The summed E-state index contributed by atoms with van der Waals surface area (Å²) < 4.78 is 5.92. The molecule has 6 nitrogen and oxygen atoms in total. The number of hydrogen-bond acceptors (Lipinski definition) is 5. The first kappa shape index (κ1) is 14.5. The van der Waals surface area contributed by atoms with Gasteiger partial charge in [0, 0.05) is 6.08 Å². The number of ketones is 1. The first-order valence-corrected chi connectivity index (χ1v) is 6.18. The van der Waals surface area contributed by atoms with E-state index in [1.165, 1.54) is 6.20 Å². The molecule has 0 aliphatic rings. The second-order valence-electron chi connectivity index (χ2n) is 4.28. The Morgan fingerprint density at radius 3 is 2.57 bits per heavy atom. The predicted octanol–water partition coefficient (Wildman–Crippen LogP) is 1.82. The van der Waals surface area contributed by atoms with E-state index in [9.17, 15) is 14.7 Å². The lowest BCUT2D eigenvalue weighted by atomic mass is 10.2. The quantitative estimate of drug-likeness (QED) is 0.401. The molecule has 6 heteroatoms. The minimum Gasteiger partial charge on any atom is -0.507 e. The Morgan fingerprint density at radius 2 is 1.95 bits per heavy atom. The van der Waals surface area contributed by atoms with E-state index >= 15 is 0 Å². The Bertz CT molecular complexity index is 702. The number of ether oxygens (including phenoxy) is 1. The number of aliphatic hydroxyl groups is 1. The highest BCUT2D eigenvalue weighted by Gasteiger charge is 2.16. The van der Waals surface area contributed by atoms with Gasteiger partial charge < -0.3 is 9.84 Å². The summed E-state index contributed by atoms with van der Waals surface area (Å²) in [5.74, 6) is -2.29. The zero-order chi connectivity index (χ0) is 15.4. The van der Waals surface area contributed by atoms with Gasteiger partial charge in [-0.2, -0.15) is 5.10 Å². The maximum atomic E-state index is 11.4. The van der Waals surface area contributed by atoms with E-state index in [1.54, 1.807) is 11.6 Å². The van der Waals surface area contributed by atoms with Gasteiger partial charge >= 0.3 is 5.97 Å². The smallest absolute Gasteiger partial charge is 0.378 e. The van der Waals surface area contributed by atoms with Crippen molar-refractivity contribution in [2.75, 3.05) is 7.11 Å². The third-order valence-electron chi connectivity index (χ3n) is 2.94. The first-order chi connectivity index (χ1) is 10.0. The Labute approximate surface area is 121 Å². The lowest BCUT2D eigenvalue weighted by Crippen LogP contribution is -2.13. The van der Waals surface area contributed by atoms with Crippen molar-refractivity contribution in [3.63, 3.8) is 0 Å².